The number of alkyl halides is 1. The number of hydrogen-bond donors (Lipinski definition) is 0. The predicted molar refractivity (Wildman–Crippen MR) is 60.8 cm³/mol. The summed E-state index contributed by atoms with van der Waals surface area (Å²) in [7, 11) is 0. The Morgan fingerprint density at radius 2 is 2.07 bits per heavy atom. The second kappa shape index (κ2) is 3.83. The number of carbonyl (C=O) groups is 1. The molecule has 1 atom stereocenters. The van der Waals surface area contributed by atoms with Crippen LogP contribution in [0.15, 0.2) is 24.3 Å². The number of hydrogen-bond acceptors (Lipinski definition) is 2. The van der Waals surface area contributed by atoms with Crippen LogP contribution in [0.2, 0.25) is 0 Å². The maximum Gasteiger partial charge on any atom is 0.239 e. The molecule has 0 radical (unpaired) electrons. The highest BCUT2D eigenvalue weighted by atomic mass is 35.5. The van der Waals surface area contributed by atoms with Gasteiger partial charge in [0.2, 0.25) is 5.91 Å². The molecule has 2 rings (SSSR count). The fourth-order valence-electron chi connectivity index (χ4n) is 1.36. The van der Waals surface area contributed by atoms with Gasteiger partial charge in [-0.3, -0.25) is 9.69 Å². The van der Waals surface area contributed by atoms with Crippen molar-refractivity contribution in [2.45, 2.75) is 11.8 Å². The first-order valence-electron chi connectivity index (χ1n) is 4.33. The zero-order chi connectivity index (χ0) is 10.1. The normalized spacial score (nSPS) is 21.7. The van der Waals surface area contributed by atoms with Gasteiger partial charge in [0.05, 0.1) is 5.75 Å². The average molecular weight is 228 g/mol. The molecule has 1 aliphatic heterocycles. The summed E-state index contributed by atoms with van der Waals surface area (Å²) in [6.07, 6.45) is 0. The van der Waals surface area contributed by atoms with Crippen molar-refractivity contribution >= 4 is 35.0 Å². The van der Waals surface area contributed by atoms with Crippen LogP contribution in [0.4, 0.5) is 5.69 Å². The summed E-state index contributed by atoms with van der Waals surface area (Å²) in [4.78, 5) is 12.9. The molecule has 74 valence electrons. The van der Waals surface area contributed by atoms with Gasteiger partial charge < -0.3 is 0 Å². The molecule has 0 saturated carbocycles. The monoisotopic (exact) mass is 227 g/mol. The number of nitrogens with zero attached hydrogens (tertiary/aromatic N) is 1. The van der Waals surface area contributed by atoms with E-state index in [1.165, 1.54) is 17.3 Å². The van der Waals surface area contributed by atoms with E-state index < -0.39 is 0 Å². The molecular formula is C10H10ClNOS. The second-order valence-corrected chi connectivity index (χ2v) is 4.94. The van der Waals surface area contributed by atoms with E-state index in [1.54, 1.807) is 4.90 Å². The molecule has 1 aliphatic rings. The summed E-state index contributed by atoms with van der Waals surface area (Å²) in [6, 6.07) is 7.81. The molecular weight excluding hydrogens is 218 g/mol. The van der Waals surface area contributed by atoms with E-state index in [0.29, 0.717) is 5.75 Å². The van der Waals surface area contributed by atoms with E-state index in [9.17, 15) is 4.79 Å². The van der Waals surface area contributed by atoms with Crippen LogP contribution < -0.4 is 4.90 Å². The highest BCUT2D eigenvalue weighted by Crippen LogP contribution is 2.32. The Hall–Kier alpha value is -0.670. The fraction of sp³-hybridized carbons (Fsp3) is 0.300. The number of thioether (sulfide) groups is 1. The van der Waals surface area contributed by atoms with Gasteiger partial charge in [-0.25, -0.2) is 0 Å². The Kier molecular flexibility index (Phi) is 2.70. The number of anilines is 1. The van der Waals surface area contributed by atoms with E-state index in [2.05, 4.69) is 0 Å². The molecule has 4 heteroatoms. The Balaban J connectivity index is 2.30. The molecule has 0 aromatic heterocycles. The summed E-state index contributed by atoms with van der Waals surface area (Å²) in [5.74, 6) is 0.557. The lowest BCUT2D eigenvalue weighted by Gasteiger charge is -2.18. The van der Waals surface area contributed by atoms with Crippen molar-refractivity contribution in [3.8, 4) is 0 Å². The van der Waals surface area contributed by atoms with E-state index in [4.69, 9.17) is 11.6 Å². The molecule has 0 aliphatic carbocycles. The van der Waals surface area contributed by atoms with Gasteiger partial charge in [-0.15, -0.1) is 11.8 Å². The maximum absolute atomic E-state index is 11.5. The summed E-state index contributed by atoms with van der Waals surface area (Å²) in [5.41, 5.74) is 2.06. The Labute approximate surface area is 92.2 Å². The molecule has 0 N–H and O–H groups in total. The van der Waals surface area contributed by atoms with E-state index in [-0.39, 0.29) is 10.7 Å². The maximum atomic E-state index is 11.5. The first-order chi connectivity index (χ1) is 6.68. The largest absolute Gasteiger partial charge is 0.285 e. The molecule has 1 heterocycles. The van der Waals surface area contributed by atoms with Gasteiger partial charge in [0.25, 0.3) is 0 Å². The quantitative estimate of drug-likeness (QED) is 0.543. The lowest BCUT2D eigenvalue weighted by atomic mass is 10.2. The third-order valence-electron chi connectivity index (χ3n) is 2.13. The highest BCUT2D eigenvalue weighted by Gasteiger charge is 2.30. The van der Waals surface area contributed by atoms with E-state index in [0.717, 1.165) is 5.69 Å². The number of aryl methyl sites for hydroxylation is 1. The van der Waals surface area contributed by atoms with Crippen LogP contribution in [-0.2, 0) is 4.79 Å². The van der Waals surface area contributed by atoms with Crippen molar-refractivity contribution in [3.05, 3.63) is 29.8 Å². The highest BCUT2D eigenvalue weighted by molar-refractivity contribution is 8.02. The van der Waals surface area contributed by atoms with Gasteiger partial charge in [-0.05, 0) is 19.1 Å². The van der Waals surface area contributed by atoms with Crippen LogP contribution in [0.1, 0.15) is 5.56 Å². The summed E-state index contributed by atoms with van der Waals surface area (Å²) < 4.78 is 0. The third kappa shape index (κ3) is 1.74. The summed E-state index contributed by atoms with van der Waals surface area (Å²) in [6.45, 7) is 2.02. The standard InChI is InChI=1S/C10H10ClNOS/c1-7-2-4-8(5-3-7)12-9(13)6-14-10(12)11/h2-5,10H,6H2,1H3. The molecule has 1 fully saturated rings. The molecule has 0 spiro atoms. The summed E-state index contributed by atoms with van der Waals surface area (Å²) in [5, 5.41) is 0. The van der Waals surface area contributed by atoms with Crippen LogP contribution >= 0.6 is 23.4 Å². The fourth-order valence-corrected chi connectivity index (χ4v) is 2.58. The number of halogens is 1. The number of rotatable bonds is 1. The second-order valence-electron chi connectivity index (χ2n) is 3.20. The van der Waals surface area contributed by atoms with Crippen molar-refractivity contribution in [2.24, 2.45) is 0 Å². The Bertz CT molecular complexity index is 352. The molecule has 1 unspecified atom stereocenters. The molecule has 1 aromatic rings. The Morgan fingerprint density at radius 1 is 1.43 bits per heavy atom. The topological polar surface area (TPSA) is 20.3 Å². The van der Waals surface area contributed by atoms with Crippen LogP contribution in [0, 0.1) is 6.92 Å². The minimum Gasteiger partial charge on any atom is -0.285 e. The zero-order valence-corrected chi connectivity index (χ0v) is 9.31. The van der Waals surface area contributed by atoms with Gasteiger partial charge in [0.1, 0.15) is 0 Å². The third-order valence-corrected chi connectivity index (χ3v) is 3.60. The zero-order valence-electron chi connectivity index (χ0n) is 7.74. The molecule has 1 amide bonds. The average Bonchev–Trinajstić information content (AvgIpc) is 2.49. The van der Waals surface area contributed by atoms with Crippen LogP contribution in [0.5, 0.6) is 0 Å². The molecule has 2 nitrogen and oxygen atoms in total. The van der Waals surface area contributed by atoms with E-state index in [1.807, 2.05) is 31.2 Å². The molecule has 14 heavy (non-hydrogen) atoms. The van der Waals surface area contributed by atoms with Gasteiger partial charge >= 0.3 is 0 Å². The van der Waals surface area contributed by atoms with Gasteiger partial charge in [-0.2, -0.15) is 0 Å². The van der Waals surface area contributed by atoms with E-state index >= 15 is 0 Å². The van der Waals surface area contributed by atoms with Crippen molar-refractivity contribution in [3.63, 3.8) is 0 Å². The van der Waals surface area contributed by atoms with Gasteiger partial charge in [-0.1, -0.05) is 29.3 Å². The van der Waals surface area contributed by atoms with Crippen molar-refractivity contribution in [1.82, 2.24) is 0 Å². The minimum absolute atomic E-state index is 0.0823. The minimum atomic E-state index is -0.259. The van der Waals surface area contributed by atoms with Gasteiger partial charge in [0.15, 0.2) is 4.83 Å². The number of benzene rings is 1. The van der Waals surface area contributed by atoms with Crippen LogP contribution in [-0.4, -0.2) is 16.5 Å². The first-order valence-corrected chi connectivity index (χ1v) is 5.81. The lowest BCUT2D eigenvalue weighted by Crippen LogP contribution is -2.29. The SMILES string of the molecule is Cc1ccc(N2C(=O)CSC2Cl)cc1. The van der Waals surface area contributed by atoms with Crippen LogP contribution in [0.25, 0.3) is 0 Å². The Morgan fingerprint density at radius 3 is 2.57 bits per heavy atom. The molecule has 1 aromatic carbocycles. The number of carbonyl (C=O) groups excluding carboxylic acids is 1. The van der Waals surface area contributed by atoms with Crippen molar-refractivity contribution < 1.29 is 4.79 Å². The predicted octanol–water partition coefficient (Wildman–Crippen LogP) is 2.60. The summed E-state index contributed by atoms with van der Waals surface area (Å²) >= 11 is 7.47. The molecule has 1 saturated heterocycles. The van der Waals surface area contributed by atoms with Crippen molar-refractivity contribution in [2.75, 3.05) is 10.7 Å². The first kappa shape index (κ1) is 9.87. The number of amides is 1. The smallest absolute Gasteiger partial charge is 0.239 e. The van der Waals surface area contributed by atoms with Crippen molar-refractivity contribution in [1.29, 1.82) is 0 Å². The lowest BCUT2D eigenvalue weighted by molar-refractivity contribution is -0.115. The van der Waals surface area contributed by atoms with Gasteiger partial charge in [0, 0.05) is 5.69 Å². The van der Waals surface area contributed by atoms with Crippen LogP contribution in [0.3, 0.4) is 0 Å². The molecule has 0 bridgehead atoms.